The van der Waals surface area contributed by atoms with Gasteiger partial charge in [0.1, 0.15) is 0 Å². The largest absolute Gasteiger partial charge is 0.372 e. The van der Waals surface area contributed by atoms with Crippen LogP contribution >= 0.6 is 0 Å². The molecule has 0 saturated heterocycles. The Hall–Kier alpha value is -2.06. The van der Waals surface area contributed by atoms with Crippen molar-refractivity contribution in [1.29, 1.82) is 0 Å². The lowest BCUT2D eigenvalue weighted by molar-refractivity contribution is 0.210. The fourth-order valence-electron chi connectivity index (χ4n) is 4.60. The Morgan fingerprint density at radius 2 is 1.43 bits per heavy atom. The quantitative estimate of drug-likeness (QED) is 0.372. The third-order valence-electron chi connectivity index (χ3n) is 6.22. The van der Waals surface area contributed by atoms with Crippen LogP contribution in [0, 0.1) is 0 Å². The highest BCUT2D eigenvalue weighted by atomic mass is 15.1. The summed E-state index contributed by atoms with van der Waals surface area (Å²) in [5.41, 5.74) is 5.51. The van der Waals surface area contributed by atoms with Crippen LogP contribution in [-0.2, 0) is 6.42 Å². The average molecular weight is 407 g/mol. The number of anilines is 1. The molecule has 0 aliphatic rings. The Morgan fingerprint density at radius 1 is 0.833 bits per heavy atom. The van der Waals surface area contributed by atoms with E-state index in [-0.39, 0.29) is 5.54 Å². The van der Waals surface area contributed by atoms with Gasteiger partial charge in [0.2, 0.25) is 0 Å². The summed E-state index contributed by atoms with van der Waals surface area (Å²) in [4.78, 5) is 4.94. The predicted molar refractivity (Wildman–Crippen MR) is 134 cm³/mol. The highest BCUT2D eigenvalue weighted by Crippen LogP contribution is 2.38. The second kappa shape index (κ2) is 12.0. The molecular weight excluding hydrogens is 364 g/mol. The van der Waals surface area contributed by atoms with Crippen molar-refractivity contribution in [2.45, 2.75) is 65.3 Å². The molecule has 2 rings (SSSR count). The second-order valence-corrected chi connectivity index (χ2v) is 8.50. The molecule has 0 radical (unpaired) electrons. The average Bonchev–Trinajstić information content (AvgIpc) is 2.77. The van der Waals surface area contributed by atoms with Crippen molar-refractivity contribution in [3.8, 4) is 0 Å². The van der Waals surface area contributed by atoms with E-state index in [1.807, 2.05) is 0 Å². The molecule has 30 heavy (non-hydrogen) atoms. The second-order valence-electron chi connectivity index (χ2n) is 8.50. The van der Waals surface area contributed by atoms with Crippen molar-refractivity contribution >= 4 is 11.3 Å². The molecule has 2 heteroatoms. The first kappa shape index (κ1) is 24.2. The van der Waals surface area contributed by atoms with Crippen LogP contribution in [-0.4, -0.2) is 37.6 Å². The van der Waals surface area contributed by atoms with Gasteiger partial charge in [-0.3, -0.25) is 4.90 Å². The van der Waals surface area contributed by atoms with Crippen molar-refractivity contribution in [3.05, 3.63) is 71.8 Å². The van der Waals surface area contributed by atoms with Crippen LogP contribution in [0.4, 0.5) is 5.69 Å². The van der Waals surface area contributed by atoms with Crippen LogP contribution < -0.4 is 4.90 Å². The lowest BCUT2D eigenvalue weighted by atomic mass is 9.76. The van der Waals surface area contributed by atoms with E-state index in [2.05, 4.69) is 112 Å². The maximum absolute atomic E-state index is 2.51. The zero-order valence-electron chi connectivity index (χ0n) is 20.1. The van der Waals surface area contributed by atoms with Crippen molar-refractivity contribution in [1.82, 2.24) is 4.90 Å². The number of hydrogen-bond donors (Lipinski definition) is 0. The molecule has 164 valence electrons. The lowest BCUT2D eigenvalue weighted by Crippen LogP contribution is -2.46. The highest BCUT2D eigenvalue weighted by Gasteiger charge is 2.35. The number of hydrogen-bond acceptors (Lipinski definition) is 2. The van der Waals surface area contributed by atoms with Crippen LogP contribution in [0.2, 0.25) is 0 Å². The summed E-state index contributed by atoms with van der Waals surface area (Å²) < 4.78 is 0. The van der Waals surface area contributed by atoms with Crippen molar-refractivity contribution in [3.63, 3.8) is 0 Å². The maximum Gasteiger partial charge on any atom is 0.0495 e. The van der Waals surface area contributed by atoms with Crippen LogP contribution in [0.25, 0.3) is 5.57 Å². The molecule has 2 nitrogen and oxygen atoms in total. The minimum Gasteiger partial charge on any atom is -0.372 e. The molecule has 0 aliphatic heterocycles. The van der Waals surface area contributed by atoms with E-state index in [0.717, 1.165) is 32.4 Å². The van der Waals surface area contributed by atoms with E-state index in [9.17, 15) is 0 Å². The van der Waals surface area contributed by atoms with Gasteiger partial charge in [-0.05, 0) is 75.0 Å². The van der Waals surface area contributed by atoms with E-state index in [0.29, 0.717) is 0 Å². The molecule has 0 fully saturated rings. The van der Waals surface area contributed by atoms with Crippen LogP contribution in [0.5, 0.6) is 0 Å². The normalized spacial score (nSPS) is 14.0. The Kier molecular flexibility index (Phi) is 9.65. The molecule has 0 bridgehead atoms. The van der Waals surface area contributed by atoms with E-state index < -0.39 is 0 Å². The fourth-order valence-corrected chi connectivity index (χ4v) is 4.60. The van der Waals surface area contributed by atoms with Crippen LogP contribution in [0.15, 0.2) is 60.7 Å². The van der Waals surface area contributed by atoms with Gasteiger partial charge in [-0.1, -0.05) is 76.2 Å². The summed E-state index contributed by atoms with van der Waals surface area (Å²) in [5, 5.41) is 0. The predicted octanol–water partition coefficient (Wildman–Crippen LogP) is 7.06. The Labute approximate surface area is 185 Å². The Morgan fingerprint density at radius 3 is 1.90 bits per heavy atom. The van der Waals surface area contributed by atoms with Gasteiger partial charge in [0, 0.05) is 24.3 Å². The van der Waals surface area contributed by atoms with Crippen molar-refractivity contribution < 1.29 is 0 Å². The number of nitrogens with zero attached hydrogens (tertiary/aromatic N) is 2. The molecule has 0 spiro atoms. The monoisotopic (exact) mass is 406 g/mol. The SMILES string of the molecule is CCC=C(c1ccc(N(CCC)CCC)cc1)C(CC)(Cc1ccccc1)N(C)C. The molecule has 0 aliphatic carbocycles. The van der Waals surface area contributed by atoms with E-state index in [1.165, 1.54) is 35.2 Å². The zero-order valence-corrected chi connectivity index (χ0v) is 20.1. The van der Waals surface area contributed by atoms with Gasteiger partial charge in [-0.15, -0.1) is 0 Å². The topological polar surface area (TPSA) is 6.48 Å². The van der Waals surface area contributed by atoms with Gasteiger partial charge >= 0.3 is 0 Å². The van der Waals surface area contributed by atoms with Crippen molar-refractivity contribution in [2.75, 3.05) is 32.1 Å². The standard InChI is InChI=1S/C28H42N2/c1-7-14-27(25-17-19-26(20-18-25)30(21-8-2)22-9-3)28(10-4,29(5)6)23-24-15-12-11-13-16-24/h11-20H,7-10,21-23H2,1-6H3. The number of benzene rings is 2. The third kappa shape index (κ3) is 5.76. The zero-order chi connectivity index (χ0) is 22.0. The Balaban J connectivity index is 2.45. The molecule has 0 amide bonds. The van der Waals surface area contributed by atoms with Gasteiger partial charge in [0.25, 0.3) is 0 Å². The first-order valence-electron chi connectivity index (χ1n) is 11.8. The summed E-state index contributed by atoms with van der Waals surface area (Å²) in [7, 11) is 4.46. The number of likely N-dealkylation sites (N-methyl/N-ethyl adjacent to an activating group) is 1. The summed E-state index contributed by atoms with van der Waals surface area (Å²) >= 11 is 0. The first-order chi connectivity index (χ1) is 14.5. The smallest absolute Gasteiger partial charge is 0.0495 e. The minimum atomic E-state index is -0.0224. The number of rotatable bonds is 12. The summed E-state index contributed by atoms with van der Waals surface area (Å²) in [5.74, 6) is 0. The molecule has 0 aromatic heterocycles. The maximum atomic E-state index is 2.51. The van der Waals surface area contributed by atoms with Crippen molar-refractivity contribution in [2.24, 2.45) is 0 Å². The van der Waals surface area contributed by atoms with Gasteiger partial charge in [0.15, 0.2) is 0 Å². The molecule has 0 heterocycles. The molecule has 2 aromatic rings. The van der Waals surface area contributed by atoms with E-state index >= 15 is 0 Å². The van der Waals surface area contributed by atoms with Crippen LogP contribution in [0.1, 0.15) is 64.5 Å². The summed E-state index contributed by atoms with van der Waals surface area (Å²) in [6.07, 6.45) is 7.93. The van der Waals surface area contributed by atoms with E-state index in [4.69, 9.17) is 0 Å². The molecule has 0 N–H and O–H groups in total. The van der Waals surface area contributed by atoms with E-state index in [1.54, 1.807) is 0 Å². The third-order valence-corrected chi connectivity index (χ3v) is 6.22. The first-order valence-corrected chi connectivity index (χ1v) is 11.8. The summed E-state index contributed by atoms with van der Waals surface area (Å²) in [6, 6.07) is 20.3. The van der Waals surface area contributed by atoms with Gasteiger partial charge < -0.3 is 4.90 Å². The Bertz CT molecular complexity index is 755. The molecule has 1 atom stereocenters. The fraction of sp³-hybridized carbons (Fsp3) is 0.500. The summed E-state index contributed by atoms with van der Waals surface area (Å²) in [6.45, 7) is 11.3. The molecule has 0 saturated carbocycles. The molecule has 2 aromatic carbocycles. The van der Waals surface area contributed by atoms with Gasteiger partial charge in [-0.2, -0.15) is 0 Å². The highest BCUT2D eigenvalue weighted by molar-refractivity contribution is 5.75. The van der Waals surface area contributed by atoms with Gasteiger partial charge in [0.05, 0.1) is 0 Å². The van der Waals surface area contributed by atoms with Gasteiger partial charge in [-0.25, -0.2) is 0 Å². The molecular formula is C28H42N2. The minimum absolute atomic E-state index is 0.0224. The lowest BCUT2D eigenvalue weighted by Gasteiger charge is -2.42. The molecule has 1 unspecified atom stereocenters. The number of allylic oxidation sites excluding steroid dienone is 1. The van der Waals surface area contributed by atoms with Crippen LogP contribution in [0.3, 0.4) is 0 Å².